The monoisotopic (exact) mass is 366 g/mol. The van der Waals surface area contributed by atoms with Gasteiger partial charge in [0.25, 0.3) is 5.91 Å². The van der Waals surface area contributed by atoms with E-state index in [0.717, 1.165) is 5.52 Å². The number of aliphatic hydroxyl groups excluding tert-OH is 1. The first-order valence-corrected chi connectivity index (χ1v) is 7.60. The van der Waals surface area contributed by atoms with Crippen molar-refractivity contribution in [1.29, 1.82) is 0 Å². The fraction of sp³-hybridized carbons (Fsp3) is 0.267. The minimum absolute atomic E-state index is 0.211. The molecule has 7 heteroatoms. The SMILES string of the molecule is Cn1c(C(=O)NCCC(O)c2ccco2)cc2oc(Br)cc21. The van der Waals surface area contributed by atoms with Gasteiger partial charge in [-0.25, -0.2) is 0 Å². The third-order valence-electron chi connectivity index (χ3n) is 3.51. The summed E-state index contributed by atoms with van der Waals surface area (Å²) in [7, 11) is 1.80. The van der Waals surface area contributed by atoms with Gasteiger partial charge in [0.1, 0.15) is 17.6 Å². The van der Waals surface area contributed by atoms with Gasteiger partial charge in [-0.05, 0) is 34.5 Å². The van der Waals surface area contributed by atoms with Crippen LogP contribution in [-0.2, 0) is 7.05 Å². The van der Waals surface area contributed by atoms with Gasteiger partial charge >= 0.3 is 0 Å². The number of fused-ring (bicyclic) bond motifs is 1. The average Bonchev–Trinajstić information content (AvgIpc) is 3.17. The summed E-state index contributed by atoms with van der Waals surface area (Å²) in [5.74, 6) is 0.284. The zero-order valence-corrected chi connectivity index (χ0v) is 13.5. The molecule has 1 unspecified atom stereocenters. The Morgan fingerprint density at radius 3 is 3.00 bits per heavy atom. The highest BCUT2D eigenvalue weighted by molar-refractivity contribution is 9.10. The van der Waals surface area contributed by atoms with Gasteiger partial charge in [0.05, 0.1) is 11.8 Å². The van der Waals surface area contributed by atoms with Crippen molar-refractivity contribution in [3.8, 4) is 0 Å². The second-order valence-corrected chi connectivity index (χ2v) is 5.75. The molecular weight excluding hydrogens is 352 g/mol. The van der Waals surface area contributed by atoms with Crippen LogP contribution in [0.15, 0.2) is 44.0 Å². The number of carbonyl (C=O) groups excluding carboxylic acids is 1. The van der Waals surface area contributed by atoms with Crippen LogP contribution in [0, 0.1) is 0 Å². The lowest BCUT2D eigenvalue weighted by atomic mass is 10.2. The van der Waals surface area contributed by atoms with Crippen molar-refractivity contribution in [1.82, 2.24) is 9.88 Å². The van der Waals surface area contributed by atoms with Gasteiger partial charge < -0.3 is 23.8 Å². The molecule has 0 saturated heterocycles. The van der Waals surface area contributed by atoms with E-state index in [1.165, 1.54) is 6.26 Å². The number of nitrogens with zero attached hydrogens (tertiary/aromatic N) is 1. The summed E-state index contributed by atoms with van der Waals surface area (Å²) in [6.45, 7) is 0.344. The average molecular weight is 367 g/mol. The first-order chi connectivity index (χ1) is 10.6. The largest absolute Gasteiger partial charge is 0.467 e. The molecular formula is C15H15BrN2O4. The number of nitrogens with one attached hydrogen (secondary N) is 1. The molecule has 3 aromatic heterocycles. The van der Waals surface area contributed by atoms with Crippen molar-refractivity contribution in [2.45, 2.75) is 12.5 Å². The van der Waals surface area contributed by atoms with Crippen molar-refractivity contribution in [2.75, 3.05) is 6.54 Å². The zero-order chi connectivity index (χ0) is 15.7. The minimum Gasteiger partial charge on any atom is -0.467 e. The van der Waals surface area contributed by atoms with Gasteiger partial charge in [-0.1, -0.05) is 0 Å². The molecule has 2 N–H and O–H groups in total. The lowest BCUT2D eigenvalue weighted by Crippen LogP contribution is -2.27. The molecule has 0 radical (unpaired) electrons. The Labute approximate surface area is 134 Å². The molecule has 3 rings (SSSR count). The van der Waals surface area contributed by atoms with Crippen LogP contribution in [0.25, 0.3) is 11.1 Å². The fourth-order valence-electron chi connectivity index (χ4n) is 2.34. The van der Waals surface area contributed by atoms with Gasteiger partial charge in [-0.2, -0.15) is 0 Å². The Bertz CT molecular complexity index is 788. The zero-order valence-electron chi connectivity index (χ0n) is 11.9. The van der Waals surface area contributed by atoms with Crippen LogP contribution in [0.5, 0.6) is 0 Å². The number of amides is 1. The molecule has 6 nitrogen and oxygen atoms in total. The Kier molecular flexibility index (Phi) is 4.08. The van der Waals surface area contributed by atoms with E-state index in [9.17, 15) is 9.90 Å². The maximum atomic E-state index is 12.2. The quantitative estimate of drug-likeness (QED) is 0.727. The number of rotatable bonds is 5. The van der Waals surface area contributed by atoms with Crippen LogP contribution >= 0.6 is 15.9 Å². The van der Waals surface area contributed by atoms with E-state index in [-0.39, 0.29) is 5.91 Å². The second-order valence-electron chi connectivity index (χ2n) is 4.96. The van der Waals surface area contributed by atoms with Crippen molar-refractivity contribution in [3.05, 3.63) is 46.7 Å². The molecule has 0 bridgehead atoms. The van der Waals surface area contributed by atoms with Crippen molar-refractivity contribution in [3.63, 3.8) is 0 Å². The third-order valence-corrected chi connectivity index (χ3v) is 3.90. The molecule has 3 aromatic rings. The highest BCUT2D eigenvalue weighted by Gasteiger charge is 2.17. The number of aryl methyl sites for hydroxylation is 1. The number of hydrogen-bond donors (Lipinski definition) is 2. The molecule has 0 aliphatic rings. The predicted octanol–water partition coefficient (Wildman–Crippen LogP) is 2.98. The maximum Gasteiger partial charge on any atom is 0.268 e. The summed E-state index contributed by atoms with van der Waals surface area (Å²) >= 11 is 3.26. The smallest absolute Gasteiger partial charge is 0.268 e. The van der Waals surface area contributed by atoms with Crippen molar-refractivity contribution >= 4 is 32.9 Å². The molecule has 0 aliphatic carbocycles. The van der Waals surface area contributed by atoms with Crippen molar-refractivity contribution in [2.24, 2.45) is 7.05 Å². The minimum atomic E-state index is -0.726. The highest BCUT2D eigenvalue weighted by atomic mass is 79.9. The van der Waals surface area contributed by atoms with E-state index in [0.29, 0.717) is 34.7 Å². The number of carbonyl (C=O) groups is 1. The van der Waals surface area contributed by atoms with E-state index in [1.54, 1.807) is 29.8 Å². The second kappa shape index (κ2) is 6.02. The summed E-state index contributed by atoms with van der Waals surface area (Å²) in [5.41, 5.74) is 2.00. The topological polar surface area (TPSA) is 80.5 Å². The molecule has 22 heavy (non-hydrogen) atoms. The molecule has 0 aliphatic heterocycles. The van der Waals surface area contributed by atoms with E-state index in [2.05, 4.69) is 21.2 Å². The van der Waals surface area contributed by atoms with Gasteiger partial charge in [0, 0.05) is 25.7 Å². The molecule has 1 atom stereocenters. The molecule has 116 valence electrons. The van der Waals surface area contributed by atoms with Gasteiger partial charge in [-0.15, -0.1) is 0 Å². The highest BCUT2D eigenvalue weighted by Crippen LogP contribution is 2.26. The molecule has 0 spiro atoms. The summed E-state index contributed by atoms with van der Waals surface area (Å²) in [4.78, 5) is 12.2. The van der Waals surface area contributed by atoms with E-state index in [1.807, 2.05) is 6.07 Å². The lowest BCUT2D eigenvalue weighted by molar-refractivity contribution is 0.0928. The van der Waals surface area contributed by atoms with Crippen LogP contribution in [-0.4, -0.2) is 22.1 Å². The fourth-order valence-corrected chi connectivity index (χ4v) is 2.73. The standard InChI is InChI=1S/C15H15BrN2O4/c1-18-9-8-14(16)22-13(9)7-10(18)15(20)17-5-4-11(19)12-3-2-6-21-12/h2-3,6-8,11,19H,4-5H2,1H3,(H,17,20). The number of halogens is 1. The molecule has 0 fully saturated rings. The molecule has 0 saturated carbocycles. The molecule has 0 aromatic carbocycles. The number of aromatic nitrogens is 1. The van der Waals surface area contributed by atoms with E-state index < -0.39 is 6.10 Å². The van der Waals surface area contributed by atoms with Crippen LogP contribution in [0.1, 0.15) is 28.8 Å². The lowest BCUT2D eigenvalue weighted by Gasteiger charge is -2.09. The normalized spacial score (nSPS) is 12.7. The van der Waals surface area contributed by atoms with Crippen LogP contribution in [0.2, 0.25) is 0 Å². The Morgan fingerprint density at radius 1 is 1.50 bits per heavy atom. The summed E-state index contributed by atoms with van der Waals surface area (Å²) in [6.07, 6.45) is 1.16. The first-order valence-electron chi connectivity index (χ1n) is 6.80. The van der Waals surface area contributed by atoms with Gasteiger partial charge in [0.15, 0.2) is 10.3 Å². The Balaban J connectivity index is 1.61. The summed E-state index contributed by atoms with van der Waals surface area (Å²) < 4.78 is 12.9. The maximum absolute atomic E-state index is 12.2. The number of aliphatic hydroxyl groups is 1. The summed E-state index contributed by atoms with van der Waals surface area (Å²) in [5, 5.41) is 12.7. The van der Waals surface area contributed by atoms with E-state index >= 15 is 0 Å². The predicted molar refractivity (Wildman–Crippen MR) is 83.5 cm³/mol. The Morgan fingerprint density at radius 2 is 2.32 bits per heavy atom. The van der Waals surface area contributed by atoms with Crippen molar-refractivity contribution < 1.29 is 18.7 Å². The summed E-state index contributed by atoms with van der Waals surface area (Å²) in [6, 6.07) is 6.93. The number of hydrogen-bond acceptors (Lipinski definition) is 4. The van der Waals surface area contributed by atoms with Crippen LogP contribution < -0.4 is 5.32 Å². The van der Waals surface area contributed by atoms with Gasteiger partial charge in [0.2, 0.25) is 0 Å². The number of furan rings is 2. The van der Waals surface area contributed by atoms with Crippen LogP contribution in [0.3, 0.4) is 0 Å². The molecule has 1 amide bonds. The Hall–Kier alpha value is -1.99. The third kappa shape index (κ3) is 2.82. The van der Waals surface area contributed by atoms with E-state index in [4.69, 9.17) is 8.83 Å². The van der Waals surface area contributed by atoms with Gasteiger partial charge in [-0.3, -0.25) is 4.79 Å². The first kappa shape index (κ1) is 14.9. The molecule has 3 heterocycles. The van der Waals surface area contributed by atoms with Crippen LogP contribution in [0.4, 0.5) is 0 Å².